The molecular formula is C17H19FN4OS. The molecule has 24 heavy (non-hydrogen) atoms. The van der Waals surface area contributed by atoms with Crippen molar-refractivity contribution < 1.29 is 9.18 Å². The van der Waals surface area contributed by atoms with Crippen LogP contribution in [0.3, 0.4) is 0 Å². The average Bonchev–Trinajstić information content (AvgIpc) is 3.49. The van der Waals surface area contributed by atoms with Gasteiger partial charge in [0.2, 0.25) is 5.91 Å². The predicted octanol–water partition coefficient (Wildman–Crippen LogP) is 3.18. The van der Waals surface area contributed by atoms with E-state index in [0.29, 0.717) is 28.6 Å². The van der Waals surface area contributed by atoms with Crippen LogP contribution in [0.5, 0.6) is 0 Å². The SMILES string of the molecule is C[C@H](Sc1nnc(-c2ccccc2F)n1C1CC1)C(=O)NC1CC1. The fourth-order valence-corrected chi connectivity index (χ4v) is 3.53. The molecule has 126 valence electrons. The van der Waals surface area contributed by atoms with Crippen molar-refractivity contribution in [3.8, 4) is 11.4 Å². The zero-order chi connectivity index (χ0) is 16.7. The lowest BCUT2D eigenvalue weighted by Gasteiger charge is -2.13. The second-order valence-corrected chi connectivity index (χ2v) is 7.74. The van der Waals surface area contributed by atoms with Crippen LogP contribution in [0.15, 0.2) is 29.4 Å². The van der Waals surface area contributed by atoms with E-state index in [1.165, 1.54) is 17.8 Å². The molecule has 1 heterocycles. The van der Waals surface area contributed by atoms with Crippen LogP contribution in [0.25, 0.3) is 11.4 Å². The van der Waals surface area contributed by atoms with E-state index in [1.54, 1.807) is 18.2 Å². The minimum Gasteiger partial charge on any atom is -0.352 e. The highest BCUT2D eigenvalue weighted by Gasteiger charge is 2.33. The van der Waals surface area contributed by atoms with Crippen molar-refractivity contribution in [1.29, 1.82) is 0 Å². The van der Waals surface area contributed by atoms with Crippen molar-refractivity contribution in [3.05, 3.63) is 30.1 Å². The summed E-state index contributed by atoms with van der Waals surface area (Å²) in [6.07, 6.45) is 4.21. The Morgan fingerprint density at radius 1 is 1.29 bits per heavy atom. The molecule has 1 atom stereocenters. The lowest BCUT2D eigenvalue weighted by atomic mass is 10.2. The van der Waals surface area contributed by atoms with Crippen LogP contribution in [0.2, 0.25) is 0 Å². The summed E-state index contributed by atoms with van der Waals surface area (Å²) in [5.74, 6) is 0.274. The van der Waals surface area contributed by atoms with Gasteiger partial charge in [-0.3, -0.25) is 9.36 Å². The molecule has 0 saturated heterocycles. The van der Waals surface area contributed by atoms with Crippen LogP contribution in [0.1, 0.15) is 38.6 Å². The molecular weight excluding hydrogens is 327 g/mol. The highest BCUT2D eigenvalue weighted by Crippen LogP contribution is 2.42. The van der Waals surface area contributed by atoms with Gasteiger partial charge in [-0.25, -0.2) is 4.39 Å². The molecule has 1 N–H and O–H groups in total. The third-order valence-electron chi connectivity index (χ3n) is 4.27. The number of aromatic nitrogens is 3. The summed E-state index contributed by atoms with van der Waals surface area (Å²) in [4.78, 5) is 12.2. The molecule has 7 heteroatoms. The van der Waals surface area contributed by atoms with E-state index in [1.807, 2.05) is 11.5 Å². The first-order valence-corrected chi connectivity index (χ1v) is 9.18. The van der Waals surface area contributed by atoms with E-state index < -0.39 is 0 Å². The van der Waals surface area contributed by atoms with Gasteiger partial charge in [0.1, 0.15) is 5.82 Å². The summed E-state index contributed by atoms with van der Waals surface area (Å²) >= 11 is 1.39. The van der Waals surface area contributed by atoms with Gasteiger partial charge in [-0.05, 0) is 44.7 Å². The van der Waals surface area contributed by atoms with Crippen LogP contribution in [-0.2, 0) is 4.79 Å². The van der Waals surface area contributed by atoms with Crippen LogP contribution in [0, 0.1) is 5.82 Å². The van der Waals surface area contributed by atoms with Gasteiger partial charge in [0.25, 0.3) is 0 Å². The summed E-state index contributed by atoms with van der Waals surface area (Å²) in [6, 6.07) is 7.25. The quantitative estimate of drug-likeness (QED) is 0.816. The number of thioether (sulfide) groups is 1. The van der Waals surface area contributed by atoms with E-state index in [-0.39, 0.29) is 17.0 Å². The maximum atomic E-state index is 14.1. The van der Waals surface area contributed by atoms with Gasteiger partial charge < -0.3 is 5.32 Å². The third kappa shape index (κ3) is 3.17. The normalized spacial score (nSPS) is 18.4. The largest absolute Gasteiger partial charge is 0.352 e. The van der Waals surface area contributed by atoms with E-state index in [9.17, 15) is 9.18 Å². The Balaban J connectivity index is 1.59. The Bertz CT molecular complexity index is 770. The number of benzene rings is 1. The Labute approximate surface area is 144 Å². The summed E-state index contributed by atoms with van der Waals surface area (Å²) in [6.45, 7) is 1.87. The molecule has 5 nitrogen and oxygen atoms in total. The van der Waals surface area contributed by atoms with Crippen molar-refractivity contribution in [3.63, 3.8) is 0 Å². The van der Waals surface area contributed by atoms with E-state index in [0.717, 1.165) is 25.7 Å². The minimum absolute atomic E-state index is 0.0280. The number of carbonyl (C=O) groups is 1. The molecule has 1 amide bonds. The zero-order valence-corrected chi connectivity index (χ0v) is 14.2. The highest BCUT2D eigenvalue weighted by molar-refractivity contribution is 8.00. The predicted molar refractivity (Wildman–Crippen MR) is 90.2 cm³/mol. The fraction of sp³-hybridized carbons (Fsp3) is 0.471. The van der Waals surface area contributed by atoms with E-state index in [4.69, 9.17) is 0 Å². The van der Waals surface area contributed by atoms with Gasteiger partial charge >= 0.3 is 0 Å². The second kappa shape index (κ2) is 6.20. The molecule has 0 bridgehead atoms. The molecule has 1 aromatic carbocycles. The monoisotopic (exact) mass is 346 g/mol. The van der Waals surface area contributed by atoms with Gasteiger partial charge in [0, 0.05) is 12.1 Å². The van der Waals surface area contributed by atoms with Crippen LogP contribution >= 0.6 is 11.8 Å². The number of amides is 1. The number of hydrogen-bond donors (Lipinski definition) is 1. The van der Waals surface area contributed by atoms with Crippen LogP contribution < -0.4 is 5.32 Å². The standard InChI is InChI=1S/C17H19FN4OS/c1-10(16(23)19-11-6-7-11)24-17-21-20-15(22(17)12-8-9-12)13-4-2-3-5-14(13)18/h2-5,10-12H,6-9H2,1H3,(H,19,23)/t10-/m0/s1. The van der Waals surface area contributed by atoms with Gasteiger partial charge in [-0.15, -0.1) is 10.2 Å². The molecule has 2 aliphatic carbocycles. The van der Waals surface area contributed by atoms with Crippen molar-refractivity contribution in [2.45, 2.75) is 55.1 Å². The highest BCUT2D eigenvalue weighted by atomic mass is 32.2. The average molecular weight is 346 g/mol. The number of nitrogens with zero attached hydrogens (tertiary/aromatic N) is 3. The zero-order valence-electron chi connectivity index (χ0n) is 13.4. The number of rotatable bonds is 6. The number of hydrogen-bond acceptors (Lipinski definition) is 4. The lowest BCUT2D eigenvalue weighted by Crippen LogP contribution is -2.32. The number of halogens is 1. The molecule has 1 aromatic heterocycles. The van der Waals surface area contributed by atoms with Crippen molar-refractivity contribution in [1.82, 2.24) is 20.1 Å². The van der Waals surface area contributed by atoms with E-state index >= 15 is 0 Å². The van der Waals surface area contributed by atoms with Crippen molar-refractivity contribution in [2.75, 3.05) is 0 Å². The summed E-state index contributed by atoms with van der Waals surface area (Å²) < 4.78 is 16.1. The second-order valence-electron chi connectivity index (χ2n) is 6.43. The van der Waals surface area contributed by atoms with Crippen molar-refractivity contribution in [2.24, 2.45) is 0 Å². The van der Waals surface area contributed by atoms with Gasteiger partial charge in [-0.1, -0.05) is 23.9 Å². The number of nitrogens with one attached hydrogen (secondary N) is 1. The molecule has 2 saturated carbocycles. The first kappa shape index (κ1) is 15.6. The maximum Gasteiger partial charge on any atom is 0.233 e. The van der Waals surface area contributed by atoms with E-state index in [2.05, 4.69) is 15.5 Å². The topological polar surface area (TPSA) is 59.8 Å². The molecule has 2 aliphatic rings. The van der Waals surface area contributed by atoms with Gasteiger partial charge in [0.15, 0.2) is 11.0 Å². The van der Waals surface area contributed by atoms with Gasteiger partial charge in [-0.2, -0.15) is 0 Å². The summed E-state index contributed by atoms with van der Waals surface area (Å²) in [5, 5.41) is 11.9. The molecule has 0 spiro atoms. The molecule has 0 aliphatic heterocycles. The molecule has 4 rings (SSSR count). The molecule has 2 aromatic rings. The minimum atomic E-state index is -0.303. The fourth-order valence-electron chi connectivity index (χ4n) is 2.60. The first-order valence-electron chi connectivity index (χ1n) is 8.30. The maximum absolute atomic E-state index is 14.1. The molecule has 0 unspecified atom stereocenters. The third-order valence-corrected chi connectivity index (χ3v) is 5.32. The lowest BCUT2D eigenvalue weighted by molar-refractivity contribution is -0.120. The Hall–Kier alpha value is -1.89. The molecule has 0 radical (unpaired) electrons. The Kier molecular flexibility index (Phi) is 4.04. The first-order chi connectivity index (χ1) is 11.6. The Morgan fingerprint density at radius 2 is 2.04 bits per heavy atom. The van der Waals surface area contributed by atoms with Crippen LogP contribution in [-0.4, -0.2) is 32.0 Å². The smallest absolute Gasteiger partial charge is 0.233 e. The number of carbonyl (C=O) groups excluding carboxylic acids is 1. The molecule has 2 fully saturated rings. The Morgan fingerprint density at radius 3 is 2.71 bits per heavy atom. The van der Waals surface area contributed by atoms with Crippen molar-refractivity contribution >= 4 is 17.7 Å². The van der Waals surface area contributed by atoms with Gasteiger partial charge in [0.05, 0.1) is 10.8 Å². The summed E-state index contributed by atoms with van der Waals surface area (Å²) in [7, 11) is 0. The summed E-state index contributed by atoms with van der Waals surface area (Å²) in [5.41, 5.74) is 0.457. The van der Waals surface area contributed by atoms with Crippen LogP contribution in [0.4, 0.5) is 4.39 Å².